The molecule has 28 heavy (non-hydrogen) atoms. The summed E-state index contributed by atoms with van der Waals surface area (Å²) in [5, 5.41) is 0. The zero-order chi connectivity index (χ0) is 19.3. The Morgan fingerprint density at radius 2 is 2.14 bits per heavy atom. The van der Waals surface area contributed by atoms with Crippen LogP contribution in [-0.4, -0.2) is 49.3 Å². The molecule has 2 saturated carbocycles. The van der Waals surface area contributed by atoms with E-state index in [2.05, 4.69) is 18.2 Å². The van der Waals surface area contributed by atoms with Gasteiger partial charge in [-0.3, -0.25) is 14.6 Å². The quantitative estimate of drug-likeness (QED) is 0.586. The van der Waals surface area contributed by atoms with Crippen LogP contribution in [0.15, 0.2) is 35.3 Å². The van der Waals surface area contributed by atoms with E-state index in [0.717, 1.165) is 23.4 Å². The number of rotatable bonds is 2. The van der Waals surface area contributed by atoms with Crippen LogP contribution in [0.5, 0.6) is 5.75 Å². The van der Waals surface area contributed by atoms with Crippen LogP contribution in [0.25, 0.3) is 0 Å². The first kappa shape index (κ1) is 16.3. The molecule has 2 spiro atoms. The van der Waals surface area contributed by atoms with Gasteiger partial charge in [0.1, 0.15) is 16.9 Å². The standard InChI is InChI=1S/C22H22N2O4/c1-27-14-6-3-5-13-16(14)23-17-21(19(26)28-2)9-8-20(12-21)7-4-10-24-15(25)11-22(13,17)18(20)24/h3-7,18H,8-12H2,1-2H3. The number of amides is 1. The van der Waals surface area contributed by atoms with Gasteiger partial charge in [-0.15, -0.1) is 0 Å². The number of nitrogens with zero attached hydrogens (tertiary/aromatic N) is 2. The van der Waals surface area contributed by atoms with Crippen LogP contribution in [0.1, 0.15) is 31.2 Å². The summed E-state index contributed by atoms with van der Waals surface area (Å²) < 4.78 is 10.9. The zero-order valence-electron chi connectivity index (χ0n) is 16.0. The lowest BCUT2D eigenvalue weighted by molar-refractivity contribution is -0.149. The van der Waals surface area contributed by atoms with E-state index in [4.69, 9.17) is 14.5 Å². The predicted octanol–water partition coefficient (Wildman–Crippen LogP) is 2.53. The molecule has 4 unspecified atom stereocenters. The SMILES string of the molecule is COC(=O)C12CCC3(C=CCN4C(=O)CC5(C1=Nc1c(OC)cccc15)C43)C2. The predicted molar refractivity (Wildman–Crippen MR) is 102 cm³/mol. The van der Waals surface area contributed by atoms with E-state index in [0.29, 0.717) is 31.6 Å². The molecule has 6 heteroatoms. The van der Waals surface area contributed by atoms with Crippen molar-refractivity contribution in [3.8, 4) is 5.75 Å². The Bertz CT molecular complexity index is 1010. The molecule has 1 aromatic rings. The van der Waals surface area contributed by atoms with E-state index in [1.807, 2.05) is 17.0 Å². The van der Waals surface area contributed by atoms with Crippen molar-refractivity contribution in [2.75, 3.05) is 20.8 Å². The van der Waals surface area contributed by atoms with Gasteiger partial charge < -0.3 is 14.4 Å². The Balaban J connectivity index is 1.71. The van der Waals surface area contributed by atoms with Crippen molar-refractivity contribution >= 4 is 23.3 Å². The Hall–Kier alpha value is -2.63. The van der Waals surface area contributed by atoms with Crippen molar-refractivity contribution in [1.29, 1.82) is 0 Å². The van der Waals surface area contributed by atoms with Crippen molar-refractivity contribution in [3.05, 3.63) is 35.9 Å². The highest BCUT2D eigenvalue weighted by molar-refractivity contribution is 6.20. The number of ether oxygens (including phenoxy) is 2. The lowest BCUT2D eigenvalue weighted by atomic mass is 9.51. The van der Waals surface area contributed by atoms with E-state index in [9.17, 15) is 9.59 Å². The molecule has 2 bridgehead atoms. The second-order valence-corrected chi connectivity index (χ2v) is 8.80. The minimum absolute atomic E-state index is 0.00453. The van der Waals surface area contributed by atoms with Gasteiger partial charge in [0.15, 0.2) is 0 Å². The number of esters is 1. The first-order chi connectivity index (χ1) is 13.5. The van der Waals surface area contributed by atoms with Crippen LogP contribution in [0.3, 0.4) is 0 Å². The number of methoxy groups -OCH3 is 2. The number of benzene rings is 1. The van der Waals surface area contributed by atoms with E-state index in [1.165, 1.54) is 7.11 Å². The summed E-state index contributed by atoms with van der Waals surface area (Å²) in [6, 6.07) is 5.92. The van der Waals surface area contributed by atoms with Crippen molar-refractivity contribution in [2.24, 2.45) is 15.8 Å². The molecule has 1 amide bonds. The molecule has 6 nitrogen and oxygen atoms in total. The summed E-state index contributed by atoms with van der Waals surface area (Å²) in [6.07, 6.45) is 6.97. The molecule has 144 valence electrons. The third-order valence-corrected chi connectivity index (χ3v) is 7.85. The molecule has 0 radical (unpaired) electrons. The van der Waals surface area contributed by atoms with Crippen LogP contribution in [0, 0.1) is 10.8 Å². The highest BCUT2D eigenvalue weighted by Gasteiger charge is 2.77. The van der Waals surface area contributed by atoms with Crippen LogP contribution in [-0.2, 0) is 19.7 Å². The molecule has 4 atom stereocenters. The van der Waals surface area contributed by atoms with Gasteiger partial charge in [0.25, 0.3) is 0 Å². The van der Waals surface area contributed by atoms with E-state index >= 15 is 0 Å². The fourth-order valence-electron chi connectivity index (χ4n) is 7.07. The maximum atomic E-state index is 13.2. The maximum Gasteiger partial charge on any atom is 0.317 e. The summed E-state index contributed by atoms with van der Waals surface area (Å²) in [5.74, 6) is 0.609. The van der Waals surface area contributed by atoms with Crippen LogP contribution >= 0.6 is 0 Å². The van der Waals surface area contributed by atoms with E-state index in [-0.39, 0.29) is 23.3 Å². The van der Waals surface area contributed by atoms with Crippen molar-refractivity contribution < 1.29 is 19.1 Å². The number of fused-ring (bicyclic) bond motifs is 3. The van der Waals surface area contributed by atoms with Crippen molar-refractivity contribution in [2.45, 2.75) is 37.1 Å². The number of hydrogen-bond donors (Lipinski definition) is 0. The average Bonchev–Trinajstić information content (AvgIpc) is 3.33. The summed E-state index contributed by atoms with van der Waals surface area (Å²) in [4.78, 5) is 33.4. The van der Waals surface area contributed by atoms with Crippen LogP contribution in [0.4, 0.5) is 5.69 Å². The van der Waals surface area contributed by atoms with Gasteiger partial charge in [-0.1, -0.05) is 24.3 Å². The average molecular weight is 378 g/mol. The maximum absolute atomic E-state index is 13.2. The Morgan fingerprint density at radius 1 is 1.29 bits per heavy atom. The second-order valence-electron chi connectivity index (χ2n) is 8.80. The monoisotopic (exact) mass is 378 g/mol. The highest BCUT2D eigenvalue weighted by Crippen LogP contribution is 2.71. The molecule has 5 aliphatic rings. The first-order valence-corrected chi connectivity index (χ1v) is 9.85. The number of aliphatic imine (C=N–C) groups is 1. The van der Waals surface area contributed by atoms with Gasteiger partial charge in [-0.2, -0.15) is 0 Å². The number of hydrogen-bond acceptors (Lipinski definition) is 5. The molecule has 0 N–H and O–H groups in total. The highest BCUT2D eigenvalue weighted by atomic mass is 16.5. The molecule has 2 aliphatic carbocycles. The summed E-state index contributed by atoms with van der Waals surface area (Å²) in [7, 11) is 3.08. The molecule has 1 saturated heterocycles. The van der Waals surface area contributed by atoms with Gasteiger partial charge in [-0.25, -0.2) is 0 Å². The number of para-hydroxylation sites is 1. The molecule has 3 heterocycles. The number of carbonyl (C=O) groups excluding carboxylic acids is 2. The molecule has 3 aliphatic heterocycles. The Kier molecular flexibility index (Phi) is 2.83. The minimum atomic E-state index is -0.771. The summed E-state index contributed by atoms with van der Waals surface area (Å²) in [5.41, 5.74) is 1.08. The topological polar surface area (TPSA) is 68.2 Å². The van der Waals surface area contributed by atoms with Crippen molar-refractivity contribution in [1.82, 2.24) is 4.90 Å². The van der Waals surface area contributed by atoms with E-state index in [1.54, 1.807) is 7.11 Å². The van der Waals surface area contributed by atoms with Gasteiger partial charge in [-0.05, 0) is 30.9 Å². The van der Waals surface area contributed by atoms with Crippen molar-refractivity contribution in [3.63, 3.8) is 0 Å². The molecular formula is C22H22N2O4. The lowest BCUT2D eigenvalue weighted by Crippen LogP contribution is -2.64. The molecule has 3 fully saturated rings. The largest absolute Gasteiger partial charge is 0.494 e. The molecular weight excluding hydrogens is 356 g/mol. The molecule has 6 rings (SSSR count). The Labute approximate surface area is 163 Å². The summed E-state index contributed by atoms with van der Waals surface area (Å²) in [6.45, 7) is 0.630. The third kappa shape index (κ3) is 1.50. The first-order valence-electron chi connectivity index (χ1n) is 9.85. The van der Waals surface area contributed by atoms with Gasteiger partial charge in [0.05, 0.1) is 25.7 Å². The van der Waals surface area contributed by atoms with Gasteiger partial charge in [0, 0.05) is 24.1 Å². The molecule has 1 aromatic carbocycles. The second kappa shape index (κ2) is 4.85. The Morgan fingerprint density at radius 3 is 2.93 bits per heavy atom. The fourth-order valence-corrected chi connectivity index (χ4v) is 7.07. The normalized spacial score (nSPS) is 38.6. The smallest absolute Gasteiger partial charge is 0.317 e. The van der Waals surface area contributed by atoms with Gasteiger partial charge >= 0.3 is 5.97 Å². The summed E-state index contributed by atoms with van der Waals surface area (Å²) >= 11 is 0. The fraction of sp³-hybridized carbons (Fsp3) is 0.500. The number of carbonyl (C=O) groups is 2. The molecule has 0 aromatic heterocycles. The van der Waals surface area contributed by atoms with Gasteiger partial charge in [0.2, 0.25) is 5.91 Å². The lowest BCUT2D eigenvalue weighted by Gasteiger charge is -2.54. The van der Waals surface area contributed by atoms with E-state index < -0.39 is 10.8 Å². The third-order valence-electron chi connectivity index (χ3n) is 7.85. The van der Waals surface area contributed by atoms with Crippen LogP contribution < -0.4 is 4.74 Å². The van der Waals surface area contributed by atoms with Crippen LogP contribution in [0.2, 0.25) is 0 Å². The zero-order valence-corrected chi connectivity index (χ0v) is 16.0. The minimum Gasteiger partial charge on any atom is -0.494 e.